The summed E-state index contributed by atoms with van der Waals surface area (Å²) in [7, 11) is 0. The Bertz CT molecular complexity index is 493. The Kier molecular flexibility index (Phi) is 38.9. The summed E-state index contributed by atoms with van der Waals surface area (Å²) in [4.78, 5) is 0. The molecule has 0 amide bonds. The van der Waals surface area contributed by atoms with Gasteiger partial charge < -0.3 is 5.11 Å². The Morgan fingerprint density at radius 3 is 0.756 bits per heavy atom. The monoisotopic (exact) mass is 575 g/mol. The van der Waals surface area contributed by atoms with E-state index in [1.165, 1.54) is 212 Å². The lowest BCUT2D eigenvalue weighted by atomic mass is 10.0. The van der Waals surface area contributed by atoms with E-state index < -0.39 is 0 Å². The van der Waals surface area contributed by atoms with Crippen LogP contribution >= 0.6 is 0 Å². The Morgan fingerprint density at radius 2 is 0.488 bits per heavy atom. The fourth-order valence-corrected chi connectivity index (χ4v) is 5.97. The van der Waals surface area contributed by atoms with Gasteiger partial charge in [-0.1, -0.05) is 205 Å². The highest BCUT2D eigenvalue weighted by Gasteiger charge is 1.96. The third-order valence-electron chi connectivity index (χ3n) is 8.84. The Hall–Kier alpha value is -0.560. The van der Waals surface area contributed by atoms with Gasteiger partial charge in [-0.3, -0.25) is 0 Å². The van der Waals surface area contributed by atoms with Gasteiger partial charge in [0.2, 0.25) is 0 Å². The van der Waals surface area contributed by atoms with Gasteiger partial charge in [-0.2, -0.15) is 0 Å². The van der Waals surface area contributed by atoms with Gasteiger partial charge in [-0.15, -0.1) is 0 Å². The number of hydrogen-bond donors (Lipinski definition) is 1. The van der Waals surface area contributed by atoms with E-state index in [2.05, 4.69) is 31.2 Å². The molecule has 0 heterocycles. The van der Waals surface area contributed by atoms with Crippen LogP contribution < -0.4 is 0 Å². The van der Waals surface area contributed by atoms with Crippen LogP contribution in [0.3, 0.4) is 0 Å². The first kappa shape index (κ1) is 40.4. The molecule has 244 valence electrons. The van der Waals surface area contributed by atoms with Gasteiger partial charge >= 0.3 is 0 Å². The van der Waals surface area contributed by atoms with Crippen molar-refractivity contribution in [2.75, 3.05) is 6.61 Å². The fourth-order valence-electron chi connectivity index (χ4n) is 5.97. The molecule has 1 N–H and O–H groups in total. The van der Waals surface area contributed by atoms with E-state index in [1.807, 2.05) is 0 Å². The van der Waals surface area contributed by atoms with E-state index in [1.54, 1.807) is 0 Å². The lowest BCUT2D eigenvalue weighted by Crippen LogP contribution is -1.84. The van der Waals surface area contributed by atoms with Crippen molar-refractivity contribution in [2.45, 2.75) is 225 Å². The number of rotatable bonds is 36. The second-order valence-corrected chi connectivity index (χ2v) is 13.1. The molecule has 0 fully saturated rings. The number of hydrogen-bond acceptors (Lipinski definition) is 1. The average Bonchev–Trinajstić information content (AvgIpc) is 2.98. The van der Waals surface area contributed by atoms with Gasteiger partial charge in [0.1, 0.15) is 0 Å². The molecule has 0 saturated carbocycles. The second kappa shape index (κ2) is 39.4. The van der Waals surface area contributed by atoms with E-state index in [0.717, 1.165) is 6.42 Å². The van der Waals surface area contributed by atoms with Crippen LogP contribution in [0.4, 0.5) is 0 Å². The van der Waals surface area contributed by atoms with E-state index in [-0.39, 0.29) is 0 Å². The van der Waals surface area contributed by atoms with Gasteiger partial charge in [0.15, 0.2) is 0 Å². The van der Waals surface area contributed by atoms with Gasteiger partial charge in [0.25, 0.3) is 0 Å². The minimum atomic E-state index is 0.366. The van der Waals surface area contributed by atoms with Crippen LogP contribution in [0.5, 0.6) is 0 Å². The van der Waals surface area contributed by atoms with Crippen LogP contribution in [-0.2, 0) is 0 Å². The third kappa shape index (κ3) is 39.4. The quantitative estimate of drug-likeness (QED) is 0.0582. The molecular weight excluding hydrogens is 496 g/mol. The third-order valence-corrected chi connectivity index (χ3v) is 8.84. The Balaban J connectivity index is 3.13. The number of aliphatic hydroxyl groups is 1. The molecule has 0 aromatic carbocycles. The lowest BCUT2D eigenvalue weighted by molar-refractivity contribution is 0.282. The smallest absolute Gasteiger partial charge is 0.0431 e. The van der Waals surface area contributed by atoms with Crippen LogP contribution in [0.2, 0.25) is 0 Å². The van der Waals surface area contributed by atoms with Crippen molar-refractivity contribution in [1.29, 1.82) is 0 Å². The van der Waals surface area contributed by atoms with Crippen LogP contribution in [-0.4, -0.2) is 11.7 Å². The Morgan fingerprint density at radius 1 is 0.268 bits per heavy atom. The van der Waals surface area contributed by atoms with Crippen LogP contribution in [0.25, 0.3) is 0 Å². The van der Waals surface area contributed by atoms with Crippen molar-refractivity contribution in [1.82, 2.24) is 0 Å². The molecule has 0 atom stereocenters. The van der Waals surface area contributed by atoms with Crippen LogP contribution in [0.1, 0.15) is 225 Å². The minimum absolute atomic E-state index is 0.366. The highest BCUT2D eigenvalue weighted by Crippen LogP contribution is 2.15. The number of unbranched alkanes of at least 4 members (excludes halogenated alkanes) is 31. The van der Waals surface area contributed by atoms with Crippen molar-refractivity contribution in [3.05, 3.63) is 24.3 Å². The standard InChI is InChI=1S/C40H78O/c1-2-3-4-5-6-7-8-9-10-11-12-13-14-15-16-17-18-19-20-21-22-23-24-25-26-27-28-29-30-31-32-33-34-35-36-37-38-39-40-41/h23-24,27-28,41H,2-22,25-26,29-40H2,1H3/b24-23-,28-27-. The van der Waals surface area contributed by atoms with Crippen molar-refractivity contribution >= 4 is 0 Å². The van der Waals surface area contributed by atoms with E-state index in [9.17, 15) is 0 Å². The molecule has 0 unspecified atom stereocenters. The molecule has 0 radical (unpaired) electrons. The molecule has 1 nitrogen and oxygen atoms in total. The first-order chi connectivity index (χ1) is 20.4. The van der Waals surface area contributed by atoms with E-state index >= 15 is 0 Å². The largest absolute Gasteiger partial charge is 0.396 e. The summed E-state index contributed by atoms with van der Waals surface area (Å²) in [6, 6.07) is 0. The fraction of sp³-hybridized carbons (Fsp3) is 0.900. The number of aliphatic hydroxyl groups excluding tert-OH is 1. The Labute approximate surface area is 260 Å². The van der Waals surface area contributed by atoms with Crippen LogP contribution in [0, 0.1) is 0 Å². The molecule has 41 heavy (non-hydrogen) atoms. The maximum atomic E-state index is 8.79. The lowest BCUT2D eigenvalue weighted by Gasteiger charge is -2.04. The summed E-state index contributed by atoms with van der Waals surface area (Å²) >= 11 is 0. The van der Waals surface area contributed by atoms with Gasteiger partial charge in [0.05, 0.1) is 0 Å². The van der Waals surface area contributed by atoms with Crippen molar-refractivity contribution < 1.29 is 5.11 Å². The molecule has 1 heteroatoms. The van der Waals surface area contributed by atoms with Crippen LogP contribution in [0.15, 0.2) is 24.3 Å². The maximum Gasteiger partial charge on any atom is 0.0431 e. The molecule has 0 aromatic rings. The maximum absolute atomic E-state index is 8.79. The van der Waals surface area contributed by atoms with Gasteiger partial charge in [-0.25, -0.2) is 0 Å². The first-order valence-electron chi connectivity index (χ1n) is 19.3. The van der Waals surface area contributed by atoms with E-state index in [4.69, 9.17) is 5.11 Å². The molecule has 0 bridgehead atoms. The highest BCUT2D eigenvalue weighted by atomic mass is 16.2. The summed E-state index contributed by atoms with van der Waals surface area (Å²) in [6.07, 6.45) is 57.0. The summed E-state index contributed by atoms with van der Waals surface area (Å²) in [5, 5.41) is 8.79. The molecule has 0 aromatic heterocycles. The molecular formula is C40H78O. The average molecular weight is 575 g/mol. The predicted octanol–water partition coefficient (Wildman–Crippen LogP) is 14.4. The first-order valence-corrected chi connectivity index (χ1v) is 19.3. The molecule has 0 aliphatic heterocycles. The summed E-state index contributed by atoms with van der Waals surface area (Å²) < 4.78 is 0. The van der Waals surface area contributed by atoms with Gasteiger partial charge in [0, 0.05) is 6.61 Å². The van der Waals surface area contributed by atoms with Crippen molar-refractivity contribution in [3.8, 4) is 0 Å². The zero-order chi connectivity index (χ0) is 29.6. The van der Waals surface area contributed by atoms with Gasteiger partial charge in [-0.05, 0) is 44.9 Å². The SMILES string of the molecule is CCCCCCCCCCCCCCCCCCCCCC/C=C\CC/C=C\CCCCCCCCCCCCO. The summed E-state index contributed by atoms with van der Waals surface area (Å²) in [6.45, 7) is 2.67. The molecule has 0 saturated heterocycles. The zero-order valence-corrected chi connectivity index (χ0v) is 28.5. The summed E-state index contributed by atoms with van der Waals surface area (Å²) in [5.41, 5.74) is 0. The van der Waals surface area contributed by atoms with Crippen molar-refractivity contribution in [2.24, 2.45) is 0 Å². The predicted molar refractivity (Wildman–Crippen MR) is 188 cm³/mol. The minimum Gasteiger partial charge on any atom is -0.396 e. The second-order valence-electron chi connectivity index (χ2n) is 13.1. The normalized spacial score (nSPS) is 12.0. The summed E-state index contributed by atoms with van der Waals surface area (Å²) in [5.74, 6) is 0. The molecule has 0 aliphatic carbocycles. The van der Waals surface area contributed by atoms with Crippen molar-refractivity contribution in [3.63, 3.8) is 0 Å². The zero-order valence-electron chi connectivity index (χ0n) is 28.5. The molecule has 0 spiro atoms. The topological polar surface area (TPSA) is 20.2 Å². The van der Waals surface area contributed by atoms with E-state index in [0.29, 0.717) is 6.61 Å². The number of allylic oxidation sites excluding steroid dienone is 4. The molecule has 0 aliphatic rings. The molecule has 0 rings (SSSR count). The highest BCUT2D eigenvalue weighted by molar-refractivity contribution is 4.88.